The first-order valence-electron chi connectivity index (χ1n) is 8.55. The van der Waals surface area contributed by atoms with Gasteiger partial charge in [0.05, 0.1) is 11.4 Å². The van der Waals surface area contributed by atoms with Crippen LogP contribution in [0.4, 0.5) is 11.4 Å². The summed E-state index contributed by atoms with van der Waals surface area (Å²) >= 11 is 12.8. The molecule has 0 bridgehead atoms. The molecule has 6 nitrogen and oxygen atoms in total. The summed E-state index contributed by atoms with van der Waals surface area (Å²) in [7, 11) is 0. The molecular formula is C21H12Cl2N2O4. The summed E-state index contributed by atoms with van der Waals surface area (Å²) in [6.07, 6.45) is 4.82. The maximum atomic E-state index is 12.2. The van der Waals surface area contributed by atoms with Crippen LogP contribution >= 0.6 is 23.2 Å². The Morgan fingerprint density at radius 3 is 1.28 bits per heavy atom. The molecule has 8 heteroatoms. The molecule has 2 aromatic rings. The predicted octanol–water partition coefficient (Wildman–Crippen LogP) is 3.44. The quantitative estimate of drug-likeness (QED) is 0.701. The first-order chi connectivity index (χ1) is 13.9. The van der Waals surface area contributed by atoms with Gasteiger partial charge in [-0.3, -0.25) is 19.2 Å². The monoisotopic (exact) mass is 426 g/mol. The fraction of sp³-hybridized carbons (Fsp3) is 0.0476. The molecule has 0 atom stereocenters. The van der Waals surface area contributed by atoms with Crippen LogP contribution in [-0.2, 0) is 25.6 Å². The summed E-state index contributed by atoms with van der Waals surface area (Å²) < 4.78 is 0. The molecule has 2 aromatic carbocycles. The maximum absolute atomic E-state index is 12.2. The number of hydrogen-bond acceptors (Lipinski definition) is 4. The minimum atomic E-state index is -0.480. The Bertz CT molecular complexity index is 1030. The lowest BCUT2D eigenvalue weighted by Crippen LogP contribution is -2.31. The molecule has 0 aliphatic carbocycles. The molecule has 0 radical (unpaired) electrons. The number of amides is 4. The van der Waals surface area contributed by atoms with Gasteiger partial charge in [0, 0.05) is 40.8 Å². The highest BCUT2D eigenvalue weighted by atomic mass is 35.5. The van der Waals surface area contributed by atoms with E-state index in [1.807, 2.05) is 0 Å². The molecule has 144 valence electrons. The van der Waals surface area contributed by atoms with Gasteiger partial charge in [-0.1, -0.05) is 35.3 Å². The highest BCUT2D eigenvalue weighted by Gasteiger charge is 2.31. The zero-order valence-electron chi connectivity index (χ0n) is 14.8. The number of imide groups is 2. The van der Waals surface area contributed by atoms with Crippen LogP contribution in [0.2, 0.25) is 10.0 Å². The average Bonchev–Trinajstić information content (AvgIpc) is 3.19. The Morgan fingerprint density at radius 1 is 0.586 bits per heavy atom. The summed E-state index contributed by atoms with van der Waals surface area (Å²) in [6, 6.07) is 9.73. The van der Waals surface area contributed by atoms with Crippen LogP contribution in [0.25, 0.3) is 0 Å². The number of anilines is 2. The van der Waals surface area contributed by atoms with E-state index in [1.54, 1.807) is 36.4 Å². The smallest absolute Gasteiger partial charge is 0.258 e. The van der Waals surface area contributed by atoms with Gasteiger partial charge in [-0.15, -0.1) is 0 Å². The SMILES string of the molecule is O=C1C=CC(=O)N1c1cccc(Cl)c1Cc1c(Cl)cccc1N1C(=O)C=CC1=O. The number of benzene rings is 2. The van der Waals surface area contributed by atoms with E-state index in [0.29, 0.717) is 32.5 Å². The zero-order valence-corrected chi connectivity index (χ0v) is 16.3. The lowest BCUT2D eigenvalue weighted by atomic mass is 10.00. The number of hydrogen-bond donors (Lipinski definition) is 0. The van der Waals surface area contributed by atoms with Gasteiger partial charge in [0.25, 0.3) is 23.6 Å². The van der Waals surface area contributed by atoms with Crippen LogP contribution in [0.3, 0.4) is 0 Å². The normalized spacial score (nSPS) is 15.9. The van der Waals surface area contributed by atoms with Crippen molar-refractivity contribution in [1.29, 1.82) is 0 Å². The van der Waals surface area contributed by atoms with Crippen LogP contribution < -0.4 is 9.80 Å². The summed E-state index contributed by atoms with van der Waals surface area (Å²) in [6.45, 7) is 0. The Labute approximate surface area is 175 Å². The van der Waals surface area contributed by atoms with E-state index in [-0.39, 0.29) is 6.42 Å². The van der Waals surface area contributed by atoms with Crippen LogP contribution in [0.5, 0.6) is 0 Å². The highest BCUT2D eigenvalue weighted by Crippen LogP contribution is 2.37. The number of carbonyl (C=O) groups is 4. The van der Waals surface area contributed by atoms with Crippen molar-refractivity contribution in [1.82, 2.24) is 0 Å². The molecule has 0 spiro atoms. The molecule has 2 heterocycles. The molecule has 0 fully saturated rings. The Kier molecular flexibility index (Phi) is 4.82. The maximum Gasteiger partial charge on any atom is 0.258 e. The van der Waals surface area contributed by atoms with E-state index in [0.717, 1.165) is 9.80 Å². The van der Waals surface area contributed by atoms with E-state index < -0.39 is 23.6 Å². The second-order valence-electron chi connectivity index (χ2n) is 6.34. The van der Waals surface area contributed by atoms with E-state index in [4.69, 9.17) is 23.2 Å². The predicted molar refractivity (Wildman–Crippen MR) is 109 cm³/mol. The van der Waals surface area contributed by atoms with Gasteiger partial charge in [0.1, 0.15) is 0 Å². The number of carbonyl (C=O) groups excluding carboxylic acids is 4. The topological polar surface area (TPSA) is 74.8 Å². The molecular weight excluding hydrogens is 415 g/mol. The molecule has 0 saturated heterocycles. The first-order valence-corrected chi connectivity index (χ1v) is 9.31. The van der Waals surface area contributed by atoms with Gasteiger partial charge >= 0.3 is 0 Å². The van der Waals surface area contributed by atoms with Crippen molar-refractivity contribution >= 4 is 58.2 Å². The minimum Gasteiger partial charge on any atom is -0.269 e. The fourth-order valence-electron chi connectivity index (χ4n) is 3.32. The number of nitrogens with zero attached hydrogens (tertiary/aromatic N) is 2. The highest BCUT2D eigenvalue weighted by molar-refractivity contribution is 6.35. The van der Waals surface area contributed by atoms with E-state index in [1.165, 1.54) is 24.3 Å². The first kappa shape index (κ1) is 19.1. The van der Waals surface area contributed by atoms with Crippen LogP contribution in [0.15, 0.2) is 60.7 Å². The van der Waals surface area contributed by atoms with E-state index in [9.17, 15) is 19.2 Å². The molecule has 2 aliphatic heterocycles. The number of rotatable bonds is 4. The molecule has 0 unspecified atom stereocenters. The van der Waals surface area contributed by atoms with Crippen molar-refractivity contribution in [3.63, 3.8) is 0 Å². The summed E-state index contributed by atoms with van der Waals surface area (Å²) in [5.74, 6) is -1.92. The largest absolute Gasteiger partial charge is 0.269 e. The van der Waals surface area contributed by atoms with Crippen molar-refractivity contribution in [3.8, 4) is 0 Å². The minimum absolute atomic E-state index is 0.0954. The lowest BCUT2D eigenvalue weighted by molar-refractivity contribution is -0.121. The average molecular weight is 427 g/mol. The Hall–Kier alpha value is -3.22. The van der Waals surface area contributed by atoms with E-state index in [2.05, 4.69) is 0 Å². The molecule has 0 saturated carbocycles. The van der Waals surface area contributed by atoms with Gasteiger partial charge in [0.2, 0.25) is 0 Å². The lowest BCUT2D eigenvalue weighted by Gasteiger charge is -2.22. The van der Waals surface area contributed by atoms with E-state index >= 15 is 0 Å². The van der Waals surface area contributed by atoms with Crippen molar-refractivity contribution in [2.24, 2.45) is 0 Å². The molecule has 0 aromatic heterocycles. The Morgan fingerprint density at radius 2 is 0.931 bits per heavy atom. The molecule has 4 amide bonds. The summed E-state index contributed by atoms with van der Waals surface area (Å²) in [5, 5.41) is 0.635. The van der Waals surface area contributed by atoms with Crippen molar-refractivity contribution in [3.05, 3.63) is 81.9 Å². The van der Waals surface area contributed by atoms with Crippen LogP contribution in [0, 0.1) is 0 Å². The van der Waals surface area contributed by atoms with Gasteiger partial charge in [-0.25, -0.2) is 9.80 Å². The fourth-order valence-corrected chi connectivity index (χ4v) is 3.79. The standard InChI is InChI=1S/C21H12Cl2N2O4/c22-14-3-1-5-16(24-18(26)7-8-19(24)27)12(14)11-13-15(23)4-2-6-17(13)25-20(28)9-10-21(25)29/h1-10H,11H2. The van der Waals surface area contributed by atoms with Crippen molar-refractivity contribution < 1.29 is 19.2 Å². The van der Waals surface area contributed by atoms with Gasteiger partial charge in [-0.2, -0.15) is 0 Å². The van der Waals surface area contributed by atoms with Gasteiger partial charge < -0.3 is 0 Å². The molecule has 29 heavy (non-hydrogen) atoms. The van der Waals surface area contributed by atoms with Crippen molar-refractivity contribution in [2.75, 3.05) is 9.80 Å². The third kappa shape index (κ3) is 3.26. The summed E-state index contributed by atoms with van der Waals surface area (Å²) in [4.78, 5) is 50.7. The second kappa shape index (κ2) is 7.31. The van der Waals surface area contributed by atoms with Gasteiger partial charge in [0.15, 0.2) is 0 Å². The molecule has 4 rings (SSSR count). The zero-order chi connectivity index (χ0) is 20.7. The second-order valence-corrected chi connectivity index (χ2v) is 7.16. The summed E-state index contributed by atoms with van der Waals surface area (Å²) in [5.41, 5.74) is 1.59. The third-order valence-electron chi connectivity index (χ3n) is 4.64. The van der Waals surface area contributed by atoms with Crippen LogP contribution in [0.1, 0.15) is 11.1 Å². The molecule has 2 aliphatic rings. The number of halogens is 2. The van der Waals surface area contributed by atoms with Crippen LogP contribution in [-0.4, -0.2) is 23.6 Å². The van der Waals surface area contributed by atoms with Crippen molar-refractivity contribution in [2.45, 2.75) is 6.42 Å². The third-order valence-corrected chi connectivity index (χ3v) is 5.35. The molecule has 0 N–H and O–H groups in total. The Balaban J connectivity index is 1.83. The van der Waals surface area contributed by atoms with Gasteiger partial charge in [-0.05, 0) is 35.4 Å².